The SMILES string of the molecule is O=C(Nc1ccc(F)cc1)Nc1ccn([C@@H]2O[C@H](COP(=O)(O)OP(=O)(O)OP(=O)(O)OP(=O)(O)OC[C@H]3O[C@@H](n4ccc(=O)[nH]c4=O)[C@@H]4O[C@H](Cc5ccccc5)O[C@@H]43)[C@@H](O)[C@H]2O)c(=O)n1. The number of nitrogens with zero attached hydrogens (tertiary/aromatic N) is 3. The Balaban J connectivity index is 0.911. The monoisotopic (exact) mass is 1030 g/mol. The van der Waals surface area contributed by atoms with Gasteiger partial charge < -0.3 is 54.1 Å². The number of anilines is 2. The van der Waals surface area contributed by atoms with Crippen LogP contribution in [0.15, 0.2) is 93.5 Å². The van der Waals surface area contributed by atoms with E-state index in [2.05, 4.69) is 33.1 Å². The van der Waals surface area contributed by atoms with E-state index in [9.17, 15) is 71.6 Å². The van der Waals surface area contributed by atoms with Gasteiger partial charge >= 0.3 is 48.7 Å². The lowest BCUT2D eigenvalue weighted by Gasteiger charge is -2.23. The first-order chi connectivity index (χ1) is 31.5. The first-order valence-corrected chi connectivity index (χ1v) is 24.9. The van der Waals surface area contributed by atoms with Crippen LogP contribution < -0.4 is 27.6 Å². The van der Waals surface area contributed by atoms with E-state index in [0.717, 1.165) is 46.8 Å². The minimum absolute atomic E-state index is 0.193. The molecule has 4 aromatic rings. The zero-order valence-corrected chi connectivity index (χ0v) is 37.0. The fourth-order valence-corrected chi connectivity index (χ4v) is 11.6. The molecule has 2 amide bonds. The molecule has 34 heteroatoms. The Morgan fingerprint density at radius 3 is 1.91 bits per heavy atom. The summed E-state index contributed by atoms with van der Waals surface area (Å²) in [5.41, 5.74) is -1.84. The minimum Gasteiger partial charge on any atom is -0.387 e. The number of ether oxygens (including phenoxy) is 4. The molecular weight excluding hydrogens is 991 g/mol. The molecule has 4 unspecified atom stereocenters. The van der Waals surface area contributed by atoms with E-state index < -0.39 is 129 Å². The van der Waals surface area contributed by atoms with Crippen molar-refractivity contribution in [2.45, 2.75) is 61.8 Å². The number of hydrogen-bond acceptors (Lipinski definition) is 20. The third kappa shape index (κ3) is 13.0. The normalized spacial score (nSPS) is 28.4. The number of aromatic nitrogens is 4. The number of phosphoric acid groups is 4. The number of aliphatic hydroxyl groups excluding tert-OH is 2. The summed E-state index contributed by atoms with van der Waals surface area (Å²) in [5.74, 6) is -0.854. The van der Waals surface area contributed by atoms with Crippen molar-refractivity contribution in [3.8, 4) is 0 Å². The van der Waals surface area contributed by atoms with Crippen LogP contribution in [-0.2, 0) is 65.6 Å². The molecule has 5 heterocycles. The molecule has 0 saturated carbocycles. The van der Waals surface area contributed by atoms with Crippen LogP contribution in [0, 0.1) is 5.82 Å². The molecule has 3 fully saturated rings. The number of benzene rings is 2. The second-order valence-corrected chi connectivity index (χ2v) is 20.5. The lowest BCUT2D eigenvalue weighted by molar-refractivity contribution is -0.150. The quantitative estimate of drug-likeness (QED) is 0.0626. The molecule has 0 radical (unpaired) electrons. The van der Waals surface area contributed by atoms with Crippen molar-refractivity contribution < 1.29 is 98.2 Å². The highest BCUT2D eigenvalue weighted by atomic mass is 31.3. The smallest absolute Gasteiger partial charge is 0.387 e. The molecule has 0 bridgehead atoms. The number of urea groups is 1. The standard InChI is InChI=1S/C33H37FN6O23P4/c34-18-6-8-19(9-7-18)35-31(44)36-22-10-12-39(32(45)37-22)29-26(43)25(42)20(57-29)15-55-64(47,48)61-66(51,52)63-67(53,54)62-65(49,50)56-16-21-27-28(30(58-21)40-13-11-23(41)38-33(40)46)60-24(59-27)14-17-4-2-1-3-5-17/h1-13,20-21,24-30,42-43H,14-16H2,(H,47,48)(H,49,50)(H,51,52)(H,53,54)(H,38,41,46)(H2,35,36,37,44,45)/t20-,21-,24-,25-,26-,27-,28-,29-,30-/m1/s1. The van der Waals surface area contributed by atoms with Crippen molar-refractivity contribution in [3.63, 3.8) is 0 Å². The maximum Gasteiger partial charge on any atom is 0.490 e. The molecule has 9 N–H and O–H groups in total. The highest BCUT2D eigenvalue weighted by Gasteiger charge is 2.55. The molecule has 364 valence electrons. The number of aliphatic hydroxyl groups is 2. The summed E-state index contributed by atoms with van der Waals surface area (Å²) in [4.78, 5) is 95.4. The van der Waals surface area contributed by atoms with E-state index in [0.29, 0.717) is 4.57 Å². The van der Waals surface area contributed by atoms with Gasteiger partial charge in [-0.1, -0.05) is 30.3 Å². The largest absolute Gasteiger partial charge is 0.490 e. The molecule has 2 aromatic heterocycles. The Morgan fingerprint density at radius 1 is 0.701 bits per heavy atom. The highest BCUT2D eigenvalue weighted by molar-refractivity contribution is 7.69. The van der Waals surface area contributed by atoms with E-state index >= 15 is 0 Å². The number of fused-ring (bicyclic) bond motifs is 1. The lowest BCUT2D eigenvalue weighted by atomic mass is 10.1. The molecule has 0 spiro atoms. The van der Waals surface area contributed by atoms with E-state index in [1.807, 2.05) is 4.98 Å². The second-order valence-electron chi connectivity index (χ2n) is 14.2. The number of nitrogens with one attached hydrogen (secondary N) is 3. The maximum atomic E-state index is 13.1. The summed E-state index contributed by atoms with van der Waals surface area (Å²) >= 11 is 0. The van der Waals surface area contributed by atoms with Crippen LogP contribution in [0.4, 0.5) is 20.7 Å². The van der Waals surface area contributed by atoms with Crippen molar-refractivity contribution in [2.24, 2.45) is 0 Å². The van der Waals surface area contributed by atoms with Gasteiger partial charge in [0.25, 0.3) is 5.56 Å². The number of carbonyl (C=O) groups excluding carboxylic acids is 1. The maximum absolute atomic E-state index is 13.1. The summed E-state index contributed by atoms with van der Waals surface area (Å²) in [6.07, 6.45) is -11.1. The Bertz CT molecular complexity index is 2820. The molecule has 3 aliphatic heterocycles. The number of carbonyl (C=O) groups is 1. The van der Waals surface area contributed by atoms with Crippen LogP contribution in [0.3, 0.4) is 0 Å². The van der Waals surface area contributed by atoms with Crippen molar-refractivity contribution in [2.75, 3.05) is 23.8 Å². The zero-order valence-electron chi connectivity index (χ0n) is 33.5. The molecule has 2 aromatic carbocycles. The van der Waals surface area contributed by atoms with Gasteiger partial charge in [-0.05, 0) is 35.9 Å². The second kappa shape index (κ2) is 20.2. The molecule has 13 atom stereocenters. The highest BCUT2D eigenvalue weighted by Crippen LogP contribution is 2.71. The predicted molar refractivity (Wildman–Crippen MR) is 217 cm³/mol. The number of halogens is 1. The van der Waals surface area contributed by atoms with Gasteiger partial charge in [-0.2, -0.15) is 17.9 Å². The van der Waals surface area contributed by atoms with Crippen LogP contribution in [-0.4, -0.2) is 111 Å². The van der Waals surface area contributed by atoms with Crippen molar-refractivity contribution in [1.82, 2.24) is 19.1 Å². The van der Waals surface area contributed by atoms with Gasteiger partial charge in [0.05, 0.1) is 13.2 Å². The zero-order chi connectivity index (χ0) is 48.5. The summed E-state index contributed by atoms with van der Waals surface area (Å²) in [6, 6.07) is 14.7. The molecular formula is C33H37FN6O23P4. The summed E-state index contributed by atoms with van der Waals surface area (Å²) in [5, 5.41) is 25.7. The first kappa shape index (κ1) is 50.4. The minimum atomic E-state index is -6.29. The summed E-state index contributed by atoms with van der Waals surface area (Å²) in [7, 11) is -24.3. The summed E-state index contributed by atoms with van der Waals surface area (Å²) < 4.78 is 110. The number of aromatic amines is 1. The number of amides is 2. The van der Waals surface area contributed by atoms with Crippen molar-refractivity contribution in [1.29, 1.82) is 0 Å². The van der Waals surface area contributed by atoms with Gasteiger partial charge in [0.2, 0.25) is 0 Å². The van der Waals surface area contributed by atoms with Crippen molar-refractivity contribution >= 4 is 48.8 Å². The van der Waals surface area contributed by atoms with Gasteiger partial charge in [-0.3, -0.25) is 33.3 Å². The molecule has 3 aliphatic rings. The molecule has 0 aliphatic carbocycles. The van der Waals surface area contributed by atoms with Gasteiger partial charge in [0, 0.05) is 30.6 Å². The van der Waals surface area contributed by atoms with E-state index in [4.69, 9.17) is 23.5 Å². The Morgan fingerprint density at radius 2 is 1.28 bits per heavy atom. The number of rotatable bonds is 18. The van der Waals surface area contributed by atoms with Gasteiger partial charge in [-0.25, -0.2) is 37.0 Å². The third-order valence-corrected chi connectivity index (χ3v) is 15.4. The van der Waals surface area contributed by atoms with Crippen LogP contribution in [0.2, 0.25) is 0 Å². The number of phosphoric ester groups is 2. The van der Waals surface area contributed by atoms with E-state index in [-0.39, 0.29) is 17.9 Å². The topological polar surface area (TPSA) is 404 Å². The van der Waals surface area contributed by atoms with E-state index in [1.54, 1.807) is 30.3 Å². The average Bonchev–Trinajstić information content (AvgIpc) is 3.87. The first-order valence-electron chi connectivity index (χ1n) is 19.0. The fraction of sp³-hybridized carbons (Fsp3) is 0.364. The average molecular weight is 1030 g/mol. The third-order valence-electron chi connectivity index (χ3n) is 9.48. The number of H-pyrrole nitrogens is 1. The van der Waals surface area contributed by atoms with Crippen LogP contribution in [0.1, 0.15) is 18.0 Å². The fourth-order valence-electron chi connectivity index (χ4n) is 6.68. The molecule has 67 heavy (non-hydrogen) atoms. The van der Waals surface area contributed by atoms with Crippen LogP contribution >= 0.6 is 31.3 Å². The predicted octanol–water partition coefficient (Wildman–Crippen LogP) is 0.931. The Labute approximate surface area is 373 Å². The lowest BCUT2D eigenvalue weighted by Crippen LogP contribution is -2.36. The van der Waals surface area contributed by atoms with Gasteiger partial charge in [-0.15, -0.1) is 0 Å². The van der Waals surface area contributed by atoms with Gasteiger partial charge in [0.1, 0.15) is 48.3 Å². The molecule has 29 nitrogen and oxygen atoms in total. The van der Waals surface area contributed by atoms with Crippen molar-refractivity contribution in [3.05, 3.63) is 122 Å². The Kier molecular flexibility index (Phi) is 15.2. The molecule has 7 rings (SSSR count). The van der Waals surface area contributed by atoms with Crippen LogP contribution in [0.25, 0.3) is 0 Å². The summed E-state index contributed by atoms with van der Waals surface area (Å²) in [6.45, 7) is -2.25. The molecule has 3 saturated heterocycles. The van der Waals surface area contributed by atoms with E-state index in [1.165, 1.54) is 12.1 Å². The Hall–Kier alpha value is -4.48. The number of hydrogen-bond donors (Lipinski definition) is 9. The van der Waals surface area contributed by atoms with Crippen LogP contribution in [0.5, 0.6) is 0 Å². The van der Waals surface area contributed by atoms with Gasteiger partial charge in [0.15, 0.2) is 18.7 Å².